The number of hydrogen-bond donors (Lipinski definition) is 1. The Morgan fingerprint density at radius 2 is 1.86 bits per heavy atom. The van der Waals surface area contributed by atoms with Crippen LogP contribution in [0.3, 0.4) is 0 Å². The summed E-state index contributed by atoms with van der Waals surface area (Å²) in [5.41, 5.74) is 0.142. The second-order valence-electron chi connectivity index (χ2n) is 6.45. The molecule has 1 fully saturated rings. The predicted octanol–water partition coefficient (Wildman–Crippen LogP) is 2.82. The van der Waals surface area contributed by atoms with Crippen LogP contribution in [-0.4, -0.2) is 41.6 Å². The molecule has 1 aliphatic carbocycles. The average molecular weight is 291 g/mol. The van der Waals surface area contributed by atoms with Crippen LogP contribution in [-0.2, 0) is 4.79 Å². The number of carbonyl (C=O) groups excluding carboxylic acids is 1. The smallest absolute Gasteiger partial charge is 0.243 e. The third-order valence-corrected chi connectivity index (χ3v) is 5.00. The Bertz CT molecular complexity index is 433. The fourth-order valence-electron chi connectivity index (χ4n) is 3.45. The number of amides is 1. The lowest BCUT2D eigenvalue weighted by Crippen LogP contribution is -2.54. The largest absolute Gasteiger partial charge is 0.352 e. The highest BCUT2D eigenvalue weighted by Gasteiger charge is 2.35. The van der Waals surface area contributed by atoms with Crippen LogP contribution in [0.5, 0.6) is 0 Å². The number of rotatable bonds is 6. The third kappa shape index (κ3) is 3.67. The molecule has 1 saturated carbocycles. The van der Waals surface area contributed by atoms with E-state index in [2.05, 4.69) is 31.2 Å². The van der Waals surface area contributed by atoms with Crippen LogP contribution in [0.15, 0.2) is 24.5 Å². The normalized spacial score (nSPS) is 19.4. The molecule has 0 aliphatic heterocycles. The van der Waals surface area contributed by atoms with Crippen LogP contribution >= 0.6 is 0 Å². The van der Waals surface area contributed by atoms with Crippen molar-refractivity contribution in [1.29, 1.82) is 0 Å². The Morgan fingerprint density at radius 1 is 1.24 bits per heavy atom. The zero-order valence-corrected chi connectivity index (χ0v) is 13.6. The van der Waals surface area contributed by atoms with E-state index in [4.69, 9.17) is 0 Å². The van der Waals surface area contributed by atoms with Crippen molar-refractivity contribution < 1.29 is 4.79 Å². The molecule has 1 aliphatic rings. The first kappa shape index (κ1) is 16.1. The number of hydrogen-bond acceptors (Lipinski definition) is 2. The summed E-state index contributed by atoms with van der Waals surface area (Å²) in [6.07, 6.45) is 11.0. The molecule has 4 heteroatoms. The number of carbonyl (C=O) groups is 1. The molecule has 1 N–H and O–H groups in total. The van der Waals surface area contributed by atoms with Crippen molar-refractivity contribution in [3.63, 3.8) is 0 Å². The minimum atomic E-state index is -0.0946. The van der Waals surface area contributed by atoms with E-state index in [1.165, 1.54) is 32.1 Å². The maximum atomic E-state index is 12.5. The molecule has 0 radical (unpaired) electrons. The number of likely N-dealkylation sites (N-methyl/N-ethyl adjacent to an activating group) is 1. The van der Waals surface area contributed by atoms with Crippen LogP contribution in [0.1, 0.15) is 51.5 Å². The number of aromatic nitrogens is 1. The minimum absolute atomic E-state index is 0.0946. The first-order valence-electron chi connectivity index (χ1n) is 8.16. The van der Waals surface area contributed by atoms with E-state index in [-0.39, 0.29) is 17.5 Å². The van der Waals surface area contributed by atoms with E-state index < -0.39 is 0 Å². The summed E-state index contributed by atoms with van der Waals surface area (Å²) in [7, 11) is 4.28. The molecule has 118 valence electrons. The zero-order valence-electron chi connectivity index (χ0n) is 13.6. The molecule has 1 aromatic heterocycles. The quantitative estimate of drug-likeness (QED) is 0.875. The molecule has 1 unspecified atom stereocenters. The van der Waals surface area contributed by atoms with Crippen molar-refractivity contribution in [3.8, 4) is 0 Å². The molecule has 0 bridgehead atoms. The van der Waals surface area contributed by atoms with Crippen LogP contribution in [0, 0.1) is 0 Å². The highest BCUT2D eigenvalue weighted by molar-refractivity contribution is 5.80. The van der Waals surface area contributed by atoms with Crippen molar-refractivity contribution >= 4 is 5.91 Å². The van der Waals surface area contributed by atoms with Gasteiger partial charge in [-0.05, 0) is 45.5 Å². The van der Waals surface area contributed by atoms with Gasteiger partial charge in [0.1, 0.15) is 6.04 Å². The first-order chi connectivity index (χ1) is 10.1. The van der Waals surface area contributed by atoms with Gasteiger partial charge in [0, 0.05) is 24.5 Å². The highest BCUT2D eigenvalue weighted by Crippen LogP contribution is 2.31. The van der Waals surface area contributed by atoms with Crippen molar-refractivity contribution in [2.75, 3.05) is 20.6 Å². The Hall–Kier alpha value is -1.29. The van der Waals surface area contributed by atoms with E-state index in [0.717, 1.165) is 13.0 Å². The zero-order chi connectivity index (χ0) is 15.3. The van der Waals surface area contributed by atoms with E-state index in [1.807, 2.05) is 29.1 Å². The summed E-state index contributed by atoms with van der Waals surface area (Å²) < 4.78 is 2.00. The predicted molar refractivity (Wildman–Crippen MR) is 86.3 cm³/mol. The van der Waals surface area contributed by atoms with Gasteiger partial charge in [-0.3, -0.25) is 4.79 Å². The van der Waals surface area contributed by atoms with Gasteiger partial charge in [-0.2, -0.15) is 0 Å². The van der Waals surface area contributed by atoms with Crippen molar-refractivity contribution in [2.24, 2.45) is 0 Å². The van der Waals surface area contributed by atoms with Gasteiger partial charge in [0.05, 0.1) is 0 Å². The first-order valence-corrected chi connectivity index (χ1v) is 8.16. The monoisotopic (exact) mass is 291 g/mol. The molecule has 0 aromatic carbocycles. The summed E-state index contributed by atoms with van der Waals surface area (Å²) in [5.74, 6) is 0.139. The van der Waals surface area contributed by atoms with Crippen molar-refractivity contribution in [1.82, 2.24) is 14.8 Å². The second-order valence-corrected chi connectivity index (χ2v) is 6.45. The Balaban J connectivity index is 1.98. The van der Waals surface area contributed by atoms with Crippen LogP contribution < -0.4 is 5.32 Å². The average Bonchev–Trinajstić information content (AvgIpc) is 3.01. The third-order valence-electron chi connectivity index (χ3n) is 5.00. The SMILES string of the molecule is CCC(C(=O)NCC1(N(C)C)CCCCC1)n1cccc1. The Kier molecular flexibility index (Phi) is 5.45. The molecular weight excluding hydrogens is 262 g/mol. The van der Waals surface area contributed by atoms with Gasteiger partial charge in [-0.25, -0.2) is 0 Å². The van der Waals surface area contributed by atoms with Gasteiger partial charge in [0.15, 0.2) is 0 Å². The van der Waals surface area contributed by atoms with E-state index in [0.29, 0.717) is 0 Å². The van der Waals surface area contributed by atoms with Crippen LogP contribution in [0.4, 0.5) is 0 Å². The molecule has 1 atom stereocenters. The fraction of sp³-hybridized carbons (Fsp3) is 0.706. The topological polar surface area (TPSA) is 37.3 Å². The van der Waals surface area contributed by atoms with Gasteiger partial charge < -0.3 is 14.8 Å². The second kappa shape index (κ2) is 7.12. The summed E-state index contributed by atoms with van der Waals surface area (Å²) >= 11 is 0. The van der Waals surface area contributed by atoms with Gasteiger partial charge in [0.25, 0.3) is 0 Å². The summed E-state index contributed by atoms with van der Waals surface area (Å²) in [5, 5.41) is 3.21. The lowest BCUT2D eigenvalue weighted by molar-refractivity contribution is -0.125. The van der Waals surface area contributed by atoms with Crippen LogP contribution in [0.25, 0.3) is 0 Å². The molecule has 0 spiro atoms. The lowest BCUT2D eigenvalue weighted by atomic mass is 9.80. The van der Waals surface area contributed by atoms with Crippen LogP contribution in [0.2, 0.25) is 0 Å². The van der Waals surface area contributed by atoms with E-state index in [9.17, 15) is 4.79 Å². The van der Waals surface area contributed by atoms with Gasteiger partial charge in [0.2, 0.25) is 5.91 Å². The Labute approximate surface area is 128 Å². The molecule has 21 heavy (non-hydrogen) atoms. The molecule has 2 rings (SSSR count). The molecule has 1 amide bonds. The van der Waals surface area contributed by atoms with Gasteiger partial charge in [-0.15, -0.1) is 0 Å². The minimum Gasteiger partial charge on any atom is -0.352 e. The van der Waals surface area contributed by atoms with Gasteiger partial charge in [-0.1, -0.05) is 26.2 Å². The molecule has 1 aromatic rings. The van der Waals surface area contributed by atoms with Crippen molar-refractivity contribution in [3.05, 3.63) is 24.5 Å². The maximum absolute atomic E-state index is 12.5. The fourth-order valence-corrected chi connectivity index (χ4v) is 3.45. The maximum Gasteiger partial charge on any atom is 0.243 e. The summed E-state index contributed by atoms with van der Waals surface area (Å²) in [4.78, 5) is 14.8. The molecule has 4 nitrogen and oxygen atoms in total. The molecule has 1 heterocycles. The molecular formula is C17H29N3O. The molecule has 0 saturated heterocycles. The summed E-state index contributed by atoms with van der Waals surface area (Å²) in [6, 6.07) is 3.85. The number of nitrogens with zero attached hydrogens (tertiary/aromatic N) is 2. The Morgan fingerprint density at radius 3 is 2.38 bits per heavy atom. The van der Waals surface area contributed by atoms with E-state index >= 15 is 0 Å². The standard InChI is InChI=1S/C17H29N3O/c1-4-15(20-12-8-9-13-20)16(21)18-14-17(19(2)3)10-6-5-7-11-17/h8-9,12-13,15H,4-7,10-11,14H2,1-3H3,(H,18,21). The number of nitrogens with one attached hydrogen (secondary N) is 1. The lowest BCUT2D eigenvalue weighted by Gasteiger charge is -2.43. The van der Waals surface area contributed by atoms with Gasteiger partial charge >= 0.3 is 0 Å². The van der Waals surface area contributed by atoms with Crippen molar-refractivity contribution in [2.45, 2.75) is 57.0 Å². The summed E-state index contributed by atoms with van der Waals surface area (Å²) in [6.45, 7) is 2.82. The van der Waals surface area contributed by atoms with E-state index in [1.54, 1.807) is 0 Å². The highest BCUT2D eigenvalue weighted by atomic mass is 16.2.